The van der Waals surface area contributed by atoms with E-state index in [1.54, 1.807) is 0 Å². The smallest absolute Gasteiger partial charge is 0.351 e. The molecule has 0 aromatic rings. The molecule has 0 radical (unpaired) electrons. The Morgan fingerprint density at radius 3 is 2.29 bits per heavy atom. The summed E-state index contributed by atoms with van der Waals surface area (Å²) in [6.45, 7) is 6.32. The molecule has 0 N–H and O–H groups in total. The summed E-state index contributed by atoms with van der Waals surface area (Å²) in [4.78, 5) is 11.1. The van der Waals surface area contributed by atoms with E-state index in [1.807, 2.05) is 6.92 Å². The van der Waals surface area contributed by atoms with Gasteiger partial charge in [-0.25, -0.2) is 4.79 Å². The minimum atomic E-state index is -0.413. The van der Waals surface area contributed by atoms with Crippen LogP contribution in [0.4, 0.5) is 0 Å². The molecule has 0 bridgehead atoms. The SMILES string of the molecule is CCCCCC(CCC)C1(C)OC1=O. The van der Waals surface area contributed by atoms with Crippen LogP contribution in [-0.2, 0) is 9.53 Å². The molecule has 0 amide bonds. The van der Waals surface area contributed by atoms with Gasteiger partial charge in [0.05, 0.1) is 0 Å². The highest BCUT2D eigenvalue weighted by atomic mass is 16.7. The van der Waals surface area contributed by atoms with Gasteiger partial charge in [0.25, 0.3) is 0 Å². The Labute approximate surface area is 87.0 Å². The highest BCUT2D eigenvalue weighted by Gasteiger charge is 2.58. The van der Waals surface area contributed by atoms with Crippen LogP contribution in [-0.4, -0.2) is 11.6 Å². The van der Waals surface area contributed by atoms with Gasteiger partial charge < -0.3 is 4.74 Å². The predicted octanol–water partition coefficient (Wildman–Crippen LogP) is 3.30. The van der Waals surface area contributed by atoms with Gasteiger partial charge in [0.1, 0.15) is 0 Å². The van der Waals surface area contributed by atoms with E-state index in [9.17, 15) is 4.79 Å². The number of epoxide rings is 1. The molecule has 1 aliphatic rings. The van der Waals surface area contributed by atoms with Gasteiger partial charge in [0, 0.05) is 5.92 Å². The molecule has 1 fully saturated rings. The van der Waals surface area contributed by atoms with Crippen molar-refractivity contribution in [3.8, 4) is 0 Å². The highest BCUT2D eigenvalue weighted by Crippen LogP contribution is 2.41. The second kappa shape index (κ2) is 4.81. The maximum Gasteiger partial charge on any atom is 0.351 e. The molecule has 0 aromatic carbocycles. The molecule has 1 rings (SSSR count). The third-order valence-electron chi connectivity index (χ3n) is 3.24. The number of rotatable bonds is 7. The molecule has 82 valence electrons. The van der Waals surface area contributed by atoms with Crippen molar-refractivity contribution in [3.63, 3.8) is 0 Å². The molecular formula is C12H22O2. The van der Waals surface area contributed by atoms with E-state index in [4.69, 9.17) is 4.74 Å². The van der Waals surface area contributed by atoms with Crippen LogP contribution in [0.15, 0.2) is 0 Å². The fourth-order valence-corrected chi connectivity index (χ4v) is 2.10. The number of carbonyl (C=O) groups is 1. The van der Waals surface area contributed by atoms with Crippen LogP contribution >= 0.6 is 0 Å². The number of carbonyl (C=O) groups excluding carboxylic acids is 1. The number of cyclic esters (lactones) is 1. The summed E-state index contributed by atoms with van der Waals surface area (Å²) in [5, 5.41) is 0. The van der Waals surface area contributed by atoms with Gasteiger partial charge in [-0.3, -0.25) is 0 Å². The lowest BCUT2D eigenvalue weighted by Crippen LogP contribution is -2.22. The fraction of sp³-hybridized carbons (Fsp3) is 0.917. The van der Waals surface area contributed by atoms with Crippen LogP contribution in [0.5, 0.6) is 0 Å². The number of hydrogen-bond acceptors (Lipinski definition) is 2. The molecule has 2 unspecified atom stereocenters. The van der Waals surface area contributed by atoms with E-state index in [0.29, 0.717) is 5.92 Å². The Kier molecular flexibility index (Phi) is 3.97. The molecular weight excluding hydrogens is 176 g/mol. The summed E-state index contributed by atoms with van der Waals surface area (Å²) in [5.74, 6) is 0.457. The third kappa shape index (κ3) is 2.49. The molecule has 0 aliphatic carbocycles. The maximum atomic E-state index is 11.1. The van der Waals surface area contributed by atoms with E-state index in [-0.39, 0.29) is 5.97 Å². The second-order valence-electron chi connectivity index (χ2n) is 4.48. The van der Waals surface area contributed by atoms with Crippen LogP contribution in [0.25, 0.3) is 0 Å². The van der Waals surface area contributed by atoms with Crippen molar-refractivity contribution >= 4 is 5.97 Å². The molecule has 2 atom stereocenters. The van der Waals surface area contributed by atoms with Crippen molar-refractivity contribution in [1.29, 1.82) is 0 Å². The Morgan fingerprint density at radius 2 is 1.86 bits per heavy atom. The molecule has 2 nitrogen and oxygen atoms in total. The zero-order valence-corrected chi connectivity index (χ0v) is 9.64. The lowest BCUT2D eigenvalue weighted by atomic mass is 9.85. The first-order valence-electron chi connectivity index (χ1n) is 5.88. The normalized spacial score (nSPS) is 27.2. The van der Waals surface area contributed by atoms with Crippen LogP contribution in [0.2, 0.25) is 0 Å². The molecule has 14 heavy (non-hydrogen) atoms. The molecule has 2 heteroatoms. The van der Waals surface area contributed by atoms with Crippen molar-refractivity contribution in [2.24, 2.45) is 5.92 Å². The molecule has 1 aliphatic heterocycles. The topological polar surface area (TPSA) is 29.6 Å². The average Bonchev–Trinajstić information content (AvgIpc) is 2.75. The lowest BCUT2D eigenvalue weighted by molar-refractivity contribution is -0.117. The lowest BCUT2D eigenvalue weighted by Gasteiger charge is -2.17. The zero-order chi connectivity index (χ0) is 10.6. The second-order valence-corrected chi connectivity index (χ2v) is 4.48. The standard InChI is InChI=1S/C12H22O2/c1-4-6-7-9-10(8-5-2)12(3)11(13)14-12/h10H,4-9H2,1-3H3. The van der Waals surface area contributed by atoms with Crippen LogP contribution < -0.4 is 0 Å². The van der Waals surface area contributed by atoms with Crippen molar-refractivity contribution in [1.82, 2.24) is 0 Å². The summed E-state index contributed by atoms with van der Waals surface area (Å²) < 4.78 is 5.11. The quantitative estimate of drug-likeness (QED) is 0.464. The molecule has 0 saturated carbocycles. The van der Waals surface area contributed by atoms with Crippen molar-refractivity contribution in [2.45, 2.75) is 64.9 Å². The summed E-state index contributed by atoms with van der Waals surface area (Å²) in [7, 11) is 0. The van der Waals surface area contributed by atoms with E-state index < -0.39 is 5.60 Å². The van der Waals surface area contributed by atoms with Gasteiger partial charge in [-0.2, -0.15) is 0 Å². The maximum absolute atomic E-state index is 11.1. The Bertz CT molecular complexity index is 200. The van der Waals surface area contributed by atoms with E-state index in [1.165, 1.54) is 19.3 Å². The Hall–Kier alpha value is -0.530. The Balaban J connectivity index is 2.36. The third-order valence-corrected chi connectivity index (χ3v) is 3.24. The zero-order valence-electron chi connectivity index (χ0n) is 9.64. The molecule has 1 heterocycles. The first kappa shape index (κ1) is 11.5. The first-order valence-corrected chi connectivity index (χ1v) is 5.88. The molecule has 0 aromatic heterocycles. The van der Waals surface area contributed by atoms with Crippen LogP contribution in [0.1, 0.15) is 59.3 Å². The van der Waals surface area contributed by atoms with Gasteiger partial charge in [0.2, 0.25) is 5.60 Å². The molecule has 0 spiro atoms. The van der Waals surface area contributed by atoms with E-state index >= 15 is 0 Å². The number of unbranched alkanes of at least 4 members (excludes halogenated alkanes) is 2. The summed E-state index contributed by atoms with van der Waals surface area (Å²) in [5.41, 5.74) is -0.413. The monoisotopic (exact) mass is 198 g/mol. The minimum Gasteiger partial charge on any atom is -0.444 e. The number of ether oxygens (including phenoxy) is 1. The number of hydrogen-bond donors (Lipinski definition) is 0. The Morgan fingerprint density at radius 1 is 1.21 bits per heavy atom. The summed E-state index contributed by atoms with van der Waals surface area (Å²) in [6, 6.07) is 0. The average molecular weight is 198 g/mol. The van der Waals surface area contributed by atoms with Gasteiger partial charge in [-0.15, -0.1) is 0 Å². The van der Waals surface area contributed by atoms with Crippen molar-refractivity contribution < 1.29 is 9.53 Å². The fourth-order valence-electron chi connectivity index (χ4n) is 2.10. The van der Waals surface area contributed by atoms with E-state index in [2.05, 4.69) is 13.8 Å². The van der Waals surface area contributed by atoms with Crippen molar-refractivity contribution in [2.75, 3.05) is 0 Å². The first-order chi connectivity index (χ1) is 6.65. The summed E-state index contributed by atoms with van der Waals surface area (Å²) in [6.07, 6.45) is 7.14. The van der Waals surface area contributed by atoms with Crippen molar-refractivity contribution in [3.05, 3.63) is 0 Å². The van der Waals surface area contributed by atoms with E-state index in [0.717, 1.165) is 19.3 Å². The largest absolute Gasteiger partial charge is 0.444 e. The van der Waals surface area contributed by atoms with Crippen LogP contribution in [0, 0.1) is 5.92 Å². The highest BCUT2D eigenvalue weighted by molar-refractivity contribution is 5.92. The summed E-state index contributed by atoms with van der Waals surface area (Å²) >= 11 is 0. The van der Waals surface area contributed by atoms with Gasteiger partial charge in [-0.05, 0) is 19.8 Å². The predicted molar refractivity (Wildman–Crippen MR) is 57.0 cm³/mol. The van der Waals surface area contributed by atoms with Gasteiger partial charge in [0.15, 0.2) is 0 Å². The molecule has 1 saturated heterocycles. The minimum absolute atomic E-state index is 0.00690. The van der Waals surface area contributed by atoms with Gasteiger partial charge in [-0.1, -0.05) is 39.5 Å². The van der Waals surface area contributed by atoms with Crippen LogP contribution in [0.3, 0.4) is 0 Å². The van der Waals surface area contributed by atoms with Gasteiger partial charge >= 0.3 is 5.97 Å².